The van der Waals surface area contributed by atoms with Crippen LogP contribution in [0.5, 0.6) is 0 Å². The molecule has 0 fully saturated rings. The van der Waals surface area contributed by atoms with E-state index in [9.17, 15) is 0 Å². The van der Waals surface area contributed by atoms with Crippen LogP contribution >= 0.6 is 24.8 Å². The van der Waals surface area contributed by atoms with E-state index in [1.165, 1.54) is 24.0 Å². The highest BCUT2D eigenvalue weighted by atomic mass is 35.5. The number of nitrogen functional groups attached to an aromatic ring is 1. The maximum atomic E-state index is 5.67. The first-order valence-corrected chi connectivity index (χ1v) is 6.93. The predicted octanol–water partition coefficient (Wildman–Crippen LogP) is 4.22. The van der Waals surface area contributed by atoms with Gasteiger partial charge in [0.05, 0.1) is 0 Å². The third kappa shape index (κ3) is 7.96. The van der Waals surface area contributed by atoms with Crippen LogP contribution in [0.1, 0.15) is 24.0 Å². The maximum absolute atomic E-state index is 5.67. The van der Waals surface area contributed by atoms with E-state index in [0.29, 0.717) is 0 Å². The molecule has 0 aliphatic rings. The van der Waals surface area contributed by atoms with Crippen LogP contribution in [0.15, 0.2) is 54.6 Å². The molecule has 0 saturated carbocycles. The first-order valence-electron chi connectivity index (χ1n) is 6.93. The Labute approximate surface area is 140 Å². The molecule has 4 heteroatoms. The zero-order valence-corrected chi connectivity index (χ0v) is 13.8. The van der Waals surface area contributed by atoms with Crippen molar-refractivity contribution in [3.8, 4) is 0 Å². The van der Waals surface area contributed by atoms with Crippen LogP contribution < -0.4 is 11.1 Å². The van der Waals surface area contributed by atoms with Crippen LogP contribution in [0.25, 0.3) is 0 Å². The summed E-state index contributed by atoms with van der Waals surface area (Å²) >= 11 is 0. The molecule has 0 radical (unpaired) electrons. The summed E-state index contributed by atoms with van der Waals surface area (Å²) in [5, 5.41) is 3.48. The van der Waals surface area contributed by atoms with Crippen molar-refractivity contribution in [2.75, 3.05) is 12.3 Å². The molecule has 0 spiro atoms. The Morgan fingerprint density at radius 1 is 0.762 bits per heavy atom. The molecule has 0 unspecified atom stereocenters. The fourth-order valence-electron chi connectivity index (χ4n) is 2.09. The monoisotopic (exact) mass is 326 g/mol. The Kier molecular flexibility index (Phi) is 10.8. The molecule has 21 heavy (non-hydrogen) atoms. The van der Waals surface area contributed by atoms with Crippen LogP contribution in [-0.2, 0) is 13.0 Å². The largest absolute Gasteiger partial charge is 0.399 e. The minimum atomic E-state index is 0. The van der Waals surface area contributed by atoms with E-state index in [0.717, 1.165) is 25.2 Å². The lowest BCUT2D eigenvalue weighted by atomic mass is 10.1. The van der Waals surface area contributed by atoms with E-state index >= 15 is 0 Å². The number of aryl methyl sites for hydroxylation is 1. The highest BCUT2D eigenvalue weighted by Crippen LogP contribution is 2.08. The summed E-state index contributed by atoms with van der Waals surface area (Å²) in [6.45, 7) is 2.03. The van der Waals surface area contributed by atoms with Crippen molar-refractivity contribution in [2.45, 2.75) is 25.8 Å². The van der Waals surface area contributed by atoms with Gasteiger partial charge in [0.25, 0.3) is 0 Å². The third-order valence-corrected chi connectivity index (χ3v) is 3.22. The van der Waals surface area contributed by atoms with Crippen LogP contribution in [-0.4, -0.2) is 6.54 Å². The van der Waals surface area contributed by atoms with Gasteiger partial charge in [-0.25, -0.2) is 0 Å². The molecule has 2 rings (SSSR count). The van der Waals surface area contributed by atoms with E-state index in [2.05, 4.69) is 47.8 Å². The van der Waals surface area contributed by atoms with Crippen LogP contribution in [0.4, 0.5) is 5.69 Å². The number of nitrogens with one attached hydrogen (secondary N) is 1. The van der Waals surface area contributed by atoms with Crippen LogP contribution in [0.2, 0.25) is 0 Å². The number of nitrogens with two attached hydrogens (primary N) is 1. The van der Waals surface area contributed by atoms with Crippen molar-refractivity contribution < 1.29 is 0 Å². The van der Waals surface area contributed by atoms with Gasteiger partial charge in [0.15, 0.2) is 0 Å². The summed E-state index contributed by atoms with van der Waals surface area (Å²) in [6, 6.07) is 18.7. The number of benzene rings is 2. The zero-order chi connectivity index (χ0) is 13.3. The molecule has 0 aromatic heterocycles. The number of halogens is 2. The Morgan fingerprint density at radius 2 is 1.43 bits per heavy atom. The summed E-state index contributed by atoms with van der Waals surface area (Å²) in [5.74, 6) is 0. The molecule has 2 nitrogen and oxygen atoms in total. The van der Waals surface area contributed by atoms with Gasteiger partial charge in [-0.2, -0.15) is 0 Å². The quantitative estimate of drug-likeness (QED) is 0.590. The van der Waals surface area contributed by atoms with Crippen molar-refractivity contribution in [3.05, 3.63) is 65.7 Å². The molecule has 0 aliphatic heterocycles. The number of rotatable bonds is 7. The minimum absolute atomic E-state index is 0. The Morgan fingerprint density at radius 3 is 2.10 bits per heavy atom. The standard InChI is InChI=1S/C17H22N2.2ClH/c18-17-11-9-15(10-12-17)6-4-5-13-19-14-16-7-2-1-3-8-16;;/h1-3,7-12,19H,4-6,13-14,18H2;2*1H. The number of hydrogen-bond donors (Lipinski definition) is 2. The van der Waals surface area contributed by atoms with E-state index in [1.807, 2.05) is 12.1 Å². The lowest BCUT2D eigenvalue weighted by molar-refractivity contribution is 0.623. The predicted molar refractivity (Wildman–Crippen MR) is 96.4 cm³/mol. The highest BCUT2D eigenvalue weighted by Gasteiger charge is 1.94. The summed E-state index contributed by atoms with van der Waals surface area (Å²) < 4.78 is 0. The lowest BCUT2D eigenvalue weighted by Crippen LogP contribution is -2.14. The van der Waals surface area contributed by atoms with Crippen molar-refractivity contribution >= 4 is 30.5 Å². The average molecular weight is 327 g/mol. The van der Waals surface area contributed by atoms with Gasteiger partial charge in [0, 0.05) is 12.2 Å². The molecule has 2 aromatic rings. The van der Waals surface area contributed by atoms with E-state index < -0.39 is 0 Å². The molecular weight excluding hydrogens is 303 g/mol. The summed E-state index contributed by atoms with van der Waals surface area (Å²) in [7, 11) is 0. The number of unbranched alkanes of at least 4 members (excludes halogenated alkanes) is 1. The molecule has 0 bridgehead atoms. The molecular formula is C17H24Cl2N2. The molecule has 0 saturated heterocycles. The van der Waals surface area contributed by atoms with Gasteiger partial charge in [0.2, 0.25) is 0 Å². The van der Waals surface area contributed by atoms with E-state index in [-0.39, 0.29) is 24.8 Å². The van der Waals surface area contributed by atoms with Gasteiger partial charge in [-0.15, -0.1) is 24.8 Å². The first-order chi connectivity index (χ1) is 9.34. The van der Waals surface area contributed by atoms with Crippen molar-refractivity contribution in [3.63, 3.8) is 0 Å². The molecule has 2 aromatic carbocycles. The zero-order valence-electron chi connectivity index (χ0n) is 12.1. The minimum Gasteiger partial charge on any atom is -0.399 e. The van der Waals surface area contributed by atoms with Crippen molar-refractivity contribution in [2.24, 2.45) is 0 Å². The fraction of sp³-hybridized carbons (Fsp3) is 0.294. The SMILES string of the molecule is Cl.Cl.Nc1ccc(CCCCNCc2ccccc2)cc1. The summed E-state index contributed by atoms with van der Waals surface area (Å²) in [6.07, 6.45) is 3.55. The van der Waals surface area contributed by atoms with Crippen LogP contribution in [0.3, 0.4) is 0 Å². The van der Waals surface area contributed by atoms with Gasteiger partial charge < -0.3 is 11.1 Å². The average Bonchev–Trinajstić information content (AvgIpc) is 2.46. The first kappa shape index (κ1) is 19.8. The third-order valence-electron chi connectivity index (χ3n) is 3.22. The molecule has 0 amide bonds. The normalized spacial score (nSPS) is 9.52. The number of hydrogen-bond acceptors (Lipinski definition) is 2. The Hall–Kier alpha value is -1.22. The highest BCUT2D eigenvalue weighted by molar-refractivity contribution is 5.85. The van der Waals surface area contributed by atoms with Gasteiger partial charge in [-0.3, -0.25) is 0 Å². The van der Waals surface area contributed by atoms with Crippen molar-refractivity contribution in [1.29, 1.82) is 0 Å². The van der Waals surface area contributed by atoms with Gasteiger partial charge in [0.1, 0.15) is 0 Å². The molecule has 0 aliphatic carbocycles. The van der Waals surface area contributed by atoms with Crippen molar-refractivity contribution in [1.82, 2.24) is 5.32 Å². The molecule has 0 atom stereocenters. The topological polar surface area (TPSA) is 38.0 Å². The smallest absolute Gasteiger partial charge is 0.0314 e. The summed E-state index contributed by atoms with van der Waals surface area (Å²) in [4.78, 5) is 0. The van der Waals surface area contributed by atoms with Gasteiger partial charge in [-0.1, -0.05) is 42.5 Å². The van der Waals surface area contributed by atoms with E-state index in [1.54, 1.807) is 0 Å². The maximum Gasteiger partial charge on any atom is 0.0314 e. The van der Waals surface area contributed by atoms with Gasteiger partial charge in [-0.05, 0) is 49.1 Å². The lowest BCUT2D eigenvalue weighted by Gasteiger charge is -2.05. The number of anilines is 1. The van der Waals surface area contributed by atoms with Gasteiger partial charge >= 0.3 is 0 Å². The molecule has 116 valence electrons. The second-order valence-corrected chi connectivity index (χ2v) is 4.86. The fourth-order valence-corrected chi connectivity index (χ4v) is 2.09. The Balaban J connectivity index is 0.00000200. The summed E-state index contributed by atoms with van der Waals surface area (Å²) in [5.41, 5.74) is 9.23. The molecule has 3 N–H and O–H groups in total. The van der Waals surface area contributed by atoms with Crippen LogP contribution in [0, 0.1) is 0 Å². The Bertz CT molecular complexity index is 472. The molecule has 0 heterocycles. The van der Waals surface area contributed by atoms with E-state index in [4.69, 9.17) is 5.73 Å². The second kappa shape index (κ2) is 11.4. The second-order valence-electron chi connectivity index (χ2n) is 4.86.